The zero-order valence-electron chi connectivity index (χ0n) is 11.4. The van der Waals surface area contributed by atoms with Gasteiger partial charge in [0.05, 0.1) is 15.9 Å². The van der Waals surface area contributed by atoms with E-state index in [0.29, 0.717) is 6.54 Å². The van der Waals surface area contributed by atoms with Crippen LogP contribution in [0, 0.1) is 6.92 Å². The number of aliphatic carboxylic acids is 1. The van der Waals surface area contributed by atoms with Crippen LogP contribution in [0.25, 0.3) is 0 Å². The van der Waals surface area contributed by atoms with Gasteiger partial charge in [0.1, 0.15) is 6.04 Å². The van der Waals surface area contributed by atoms with E-state index in [-0.39, 0.29) is 6.04 Å². The number of carbonyl (C=O) groups is 1. The van der Waals surface area contributed by atoms with Crippen molar-refractivity contribution in [2.45, 2.75) is 45.2 Å². The molecule has 0 aromatic carbocycles. The molecule has 6 heteroatoms. The maximum atomic E-state index is 11.4. The van der Waals surface area contributed by atoms with Crippen molar-refractivity contribution in [3.8, 4) is 0 Å². The summed E-state index contributed by atoms with van der Waals surface area (Å²) in [6.45, 7) is 3.42. The van der Waals surface area contributed by atoms with Crippen LogP contribution in [0.15, 0.2) is 4.47 Å². The van der Waals surface area contributed by atoms with Gasteiger partial charge in [0, 0.05) is 13.6 Å². The van der Waals surface area contributed by atoms with Gasteiger partial charge in [-0.05, 0) is 42.2 Å². The Morgan fingerprint density at radius 3 is 2.79 bits per heavy atom. The first-order valence-corrected chi connectivity index (χ1v) is 7.45. The van der Waals surface area contributed by atoms with E-state index in [1.54, 1.807) is 0 Å². The van der Waals surface area contributed by atoms with E-state index >= 15 is 0 Å². The van der Waals surface area contributed by atoms with E-state index in [0.717, 1.165) is 48.1 Å². The lowest BCUT2D eigenvalue weighted by Gasteiger charge is -2.26. The van der Waals surface area contributed by atoms with Crippen LogP contribution in [0.1, 0.15) is 37.1 Å². The summed E-state index contributed by atoms with van der Waals surface area (Å²) in [7, 11) is 1.90. The van der Waals surface area contributed by atoms with Gasteiger partial charge in [-0.1, -0.05) is 12.8 Å². The molecular weight excluding hydrogens is 310 g/mol. The highest BCUT2D eigenvalue weighted by Crippen LogP contribution is 2.25. The molecule has 2 rings (SSSR count). The molecule has 0 amide bonds. The van der Waals surface area contributed by atoms with Crippen molar-refractivity contribution in [3.05, 3.63) is 15.9 Å². The first-order chi connectivity index (χ1) is 9.00. The second kappa shape index (κ2) is 6.05. The molecule has 1 aliphatic rings. The monoisotopic (exact) mass is 329 g/mol. The smallest absolute Gasteiger partial charge is 0.320 e. The minimum absolute atomic E-state index is 0.371. The third kappa shape index (κ3) is 3.17. The van der Waals surface area contributed by atoms with E-state index in [1.807, 2.05) is 18.7 Å². The van der Waals surface area contributed by atoms with Gasteiger partial charge in [-0.15, -0.1) is 0 Å². The molecule has 1 saturated heterocycles. The SMILES string of the molecule is Cc1nn(C)c(CN2CCCCCC2C(=O)O)c1Br. The van der Waals surface area contributed by atoms with Crippen LogP contribution in [0.5, 0.6) is 0 Å². The van der Waals surface area contributed by atoms with Crippen LogP contribution in [0.4, 0.5) is 0 Å². The summed E-state index contributed by atoms with van der Waals surface area (Å²) in [5, 5.41) is 13.7. The number of hydrogen-bond donors (Lipinski definition) is 1. The second-order valence-corrected chi connectivity index (χ2v) is 5.94. The fourth-order valence-corrected chi connectivity index (χ4v) is 3.14. The lowest BCUT2D eigenvalue weighted by atomic mass is 10.1. The van der Waals surface area contributed by atoms with Gasteiger partial charge in [0.25, 0.3) is 0 Å². The molecule has 0 spiro atoms. The molecular formula is C13H20BrN3O2. The fourth-order valence-electron chi connectivity index (χ4n) is 2.68. The summed E-state index contributed by atoms with van der Waals surface area (Å²) in [5.74, 6) is -0.711. The Labute approximate surface area is 121 Å². The minimum Gasteiger partial charge on any atom is -0.480 e. The van der Waals surface area contributed by atoms with Crippen LogP contribution in [-0.2, 0) is 18.4 Å². The summed E-state index contributed by atoms with van der Waals surface area (Å²) in [4.78, 5) is 13.5. The summed E-state index contributed by atoms with van der Waals surface area (Å²) in [6.07, 6.45) is 3.92. The number of aromatic nitrogens is 2. The minimum atomic E-state index is -0.711. The number of aryl methyl sites for hydroxylation is 2. The molecule has 2 heterocycles. The van der Waals surface area contributed by atoms with Crippen molar-refractivity contribution < 1.29 is 9.90 Å². The maximum absolute atomic E-state index is 11.4. The largest absolute Gasteiger partial charge is 0.480 e. The molecule has 0 radical (unpaired) electrons. The topological polar surface area (TPSA) is 58.4 Å². The molecule has 106 valence electrons. The van der Waals surface area contributed by atoms with Crippen LogP contribution in [-0.4, -0.2) is 38.3 Å². The predicted octanol–water partition coefficient (Wildman–Crippen LogP) is 2.32. The average molecular weight is 330 g/mol. The fraction of sp³-hybridized carbons (Fsp3) is 0.692. The number of halogens is 1. The molecule has 0 bridgehead atoms. The molecule has 1 fully saturated rings. The molecule has 0 saturated carbocycles. The molecule has 1 aromatic rings. The first kappa shape index (κ1) is 14.5. The maximum Gasteiger partial charge on any atom is 0.320 e. The van der Waals surface area contributed by atoms with Crippen molar-refractivity contribution in [3.63, 3.8) is 0 Å². The number of hydrogen-bond acceptors (Lipinski definition) is 3. The number of carboxylic acids is 1. The quantitative estimate of drug-likeness (QED) is 0.924. The Kier molecular flexibility index (Phi) is 4.62. The lowest BCUT2D eigenvalue weighted by Crippen LogP contribution is -2.40. The van der Waals surface area contributed by atoms with Crippen molar-refractivity contribution in [2.75, 3.05) is 6.54 Å². The summed E-state index contributed by atoms with van der Waals surface area (Å²) < 4.78 is 2.83. The number of nitrogens with zero attached hydrogens (tertiary/aromatic N) is 3. The number of rotatable bonds is 3. The van der Waals surface area contributed by atoms with E-state index in [2.05, 4.69) is 25.9 Å². The van der Waals surface area contributed by atoms with Crippen molar-refractivity contribution in [1.82, 2.24) is 14.7 Å². The number of likely N-dealkylation sites (tertiary alicyclic amines) is 1. The normalized spacial score (nSPS) is 21.3. The molecule has 0 aliphatic carbocycles. The Morgan fingerprint density at radius 1 is 1.47 bits per heavy atom. The van der Waals surface area contributed by atoms with Gasteiger partial charge < -0.3 is 5.11 Å². The third-order valence-electron chi connectivity index (χ3n) is 3.76. The van der Waals surface area contributed by atoms with Crippen LogP contribution in [0.3, 0.4) is 0 Å². The molecule has 1 unspecified atom stereocenters. The highest BCUT2D eigenvalue weighted by atomic mass is 79.9. The molecule has 1 aromatic heterocycles. The highest BCUT2D eigenvalue weighted by molar-refractivity contribution is 9.10. The van der Waals surface area contributed by atoms with Gasteiger partial charge >= 0.3 is 5.97 Å². The Morgan fingerprint density at radius 2 is 2.21 bits per heavy atom. The third-order valence-corrected chi connectivity index (χ3v) is 4.79. The Hall–Kier alpha value is -0.880. The molecule has 1 atom stereocenters. The molecule has 5 nitrogen and oxygen atoms in total. The van der Waals surface area contributed by atoms with Gasteiger partial charge in [-0.3, -0.25) is 14.4 Å². The van der Waals surface area contributed by atoms with Crippen LogP contribution >= 0.6 is 15.9 Å². The van der Waals surface area contributed by atoms with Gasteiger partial charge in [-0.25, -0.2) is 0 Å². The van der Waals surface area contributed by atoms with E-state index in [9.17, 15) is 9.90 Å². The van der Waals surface area contributed by atoms with Crippen LogP contribution < -0.4 is 0 Å². The predicted molar refractivity (Wildman–Crippen MR) is 75.9 cm³/mol. The van der Waals surface area contributed by atoms with Gasteiger partial charge in [-0.2, -0.15) is 5.10 Å². The van der Waals surface area contributed by atoms with E-state index in [1.165, 1.54) is 0 Å². The lowest BCUT2D eigenvalue weighted by molar-refractivity contribution is -0.143. The molecule has 19 heavy (non-hydrogen) atoms. The van der Waals surface area contributed by atoms with Gasteiger partial charge in [0.15, 0.2) is 0 Å². The molecule has 1 aliphatic heterocycles. The average Bonchev–Trinajstić information content (AvgIpc) is 2.57. The van der Waals surface area contributed by atoms with Crippen molar-refractivity contribution in [1.29, 1.82) is 0 Å². The Balaban J connectivity index is 2.21. The van der Waals surface area contributed by atoms with Crippen LogP contribution in [0.2, 0.25) is 0 Å². The number of carboxylic acid groups (broad SMARTS) is 1. The first-order valence-electron chi connectivity index (χ1n) is 6.65. The summed E-state index contributed by atoms with van der Waals surface area (Å²) in [5.41, 5.74) is 1.99. The second-order valence-electron chi connectivity index (χ2n) is 5.14. The zero-order chi connectivity index (χ0) is 14.0. The molecule has 1 N–H and O–H groups in total. The standard InChI is InChI=1S/C13H20BrN3O2/c1-9-12(14)11(16(2)15-9)8-17-7-5-3-4-6-10(17)13(18)19/h10H,3-8H2,1-2H3,(H,18,19). The van der Waals surface area contributed by atoms with E-state index < -0.39 is 5.97 Å². The zero-order valence-corrected chi connectivity index (χ0v) is 13.0. The highest BCUT2D eigenvalue weighted by Gasteiger charge is 2.28. The van der Waals surface area contributed by atoms with Crippen molar-refractivity contribution in [2.24, 2.45) is 7.05 Å². The van der Waals surface area contributed by atoms with Crippen molar-refractivity contribution >= 4 is 21.9 Å². The Bertz CT molecular complexity index is 473. The van der Waals surface area contributed by atoms with Gasteiger partial charge in [0.2, 0.25) is 0 Å². The summed E-state index contributed by atoms with van der Waals surface area (Å²) in [6, 6.07) is -0.371. The summed E-state index contributed by atoms with van der Waals surface area (Å²) >= 11 is 3.55. The van der Waals surface area contributed by atoms with E-state index in [4.69, 9.17) is 0 Å².